The number of pyridine rings is 1. The van der Waals surface area contributed by atoms with Crippen molar-refractivity contribution in [1.82, 2.24) is 4.98 Å². The van der Waals surface area contributed by atoms with Gasteiger partial charge in [-0.3, -0.25) is 14.9 Å². The quantitative estimate of drug-likeness (QED) is 0.359. The molecule has 0 saturated carbocycles. The van der Waals surface area contributed by atoms with Gasteiger partial charge in [-0.2, -0.15) is 5.26 Å². The maximum atomic E-state index is 13.2. The van der Waals surface area contributed by atoms with E-state index in [0.717, 1.165) is 5.56 Å². The van der Waals surface area contributed by atoms with Crippen molar-refractivity contribution in [3.63, 3.8) is 0 Å². The van der Waals surface area contributed by atoms with Crippen LogP contribution in [0.3, 0.4) is 0 Å². The summed E-state index contributed by atoms with van der Waals surface area (Å²) in [7, 11) is 0. The van der Waals surface area contributed by atoms with Gasteiger partial charge in [0, 0.05) is 29.1 Å². The summed E-state index contributed by atoms with van der Waals surface area (Å²) in [5.41, 5.74) is 3.17. The molecule has 0 fully saturated rings. The van der Waals surface area contributed by atoms with Crippen LogP contribution in [0.1, 0.15) is 27.2 Å². The van der Waals surface area contributed by atoms with Crippen molar-refractivity contribution in [3.05, 3.63) is 85.7 Å². The normalized spacial score (nSPS) is 10.2. The number of aromatic nitrogens is 1. The molecular formula is C21H16N4O3S. The summed E-state index contributed by atoms with van der Waals surface area (Å²) in [6.45, 7) is 3.57. The van der Waals surface area contributed by atoms with E-state index < -0.39 is 10.8 Å². The third-order valence-electron chi connectivity index (χ3n) is 4.50. The smallest absolute Gasteiger partial charge is 0.269 e. The van der Waals surface area contributed by atoms with Gasteiger partial charge in [0.25, 0.3) is 11.6 Å². The number of nitrogens with zero attached hydrogens (tertiary/aromatic N) is 2. The molecule has 0 aliphatic carbocycles. The zero-order valence-electron chi connectivity index (χ0n) is 15.6. The second-order valence-corrected chi connectivity index (χ2v) is 6.80. The molecule has 0 saturated heterocycles. The standard InChI is InChI=1S/C21H16N4O3S/c1-12-5-3-4-6-17(12)24-20(26)18-13(2)23-21(29)16(11-22)19(18)14-7-9-15(10-8-14)25(27)28/h3-10H,1-2H3,(H,23,29)(H,24,26). The van der Waals surface area contributed by atoms with E-state index in [1.54, 1.807) is 13.0 Å². The van der Waals surface area contributed by atoms with Gasteiger partial charge in [-0.1, -0.05) is 30.4 Å². The van der Waals surface area contributed by atoms with E-state index >= 15 is 0 Å². The number of hydrogen-bond donors (Lipinski definition) is 2. The van der Waals surface area contributed by atoms with Crippen LogP contribution in [0, 0.1) is 39.9 Å². The fraction of sp³-hybridized carbons (Fsp3) is 0.0952. The molecule has 0 spiro atoms. The number of anilines is 1. The van der Waals surface area contributed by atoms with Crippen LogP contribution in [0.25, 0.3) is 11.1 Å². The average Bonchev–Trinajstić information content (AvgIpc) is 2.69. The van der Waals surface area contributed by atoms with Crippen molar-refractivity contribution in [3.8, 4) is 17.2 Å². The fourth-order valence-corrected chi connectivity index (χ4v) is 3.35. The molecule has 0 aliphatic heterocycles. The highest BCUT2D eigenvalue weighted by molar-refractivity contribution is 7.71. The SMILES string of the molecule is Cc1ccccc1NC(=O)c1c(C)[nH]c(=S)c(C#N)c1-c1ccc([N+](=O)[O-])cc1. The lowest BCUT2D eigenvalue weighted by Gasteiger charge is -2.16. The van der Waals surface area contributed by atoms with Crippen molar-refractivity contribution in [2.45, 2.75) is 13.8 Å². The summed E-state index contributed by atoms with van der Waals surface area (Å²) >= 11 is 5.27. The minimum Gasteiger partial charge on any atom is -0.348 e. The molecule has 0 bridgehead atoms. The van der Waals surface area contributed by atoms with E-state index in [2.05, 4.69) is 10.3 Å². The lowest BCUT2D eigenvalue weighted by molar-refractivity contribution is -0.384. The molecule has 0 radical (unpaired) electrons. The fourth-order valence-electron chi connectivity index (χ4n) is 3.05. The first kappa shape index (κ1) is 19.9. The Labute approximate surface area is 171 Å². The molecule has 0 aliphatic rings. The van der Waals surface area contributed by atoms with Crippen LogP contribution < -0.4 is 5.32 Å². The van der Waals surface area contributed by atoms with Gasteiger partial charge < -0.3 is 10.3 Å². The number of carbonyl (C=O) groups excluding carboxylic acids is 1. The number of aryl methyl sites for hydroxylation is 2. The number of carbonyl (C=O) groups is 1. The van der Waals surface area contributed by atoms with E-state index in [4.69, 9.17) is 12.2 Å². The second kappa shape index (κ2) is 8.04. The summed E-state index contributed by atoms with van der Waals surface area (Å²) in [5, 5.41) is 23.5. The lowest BCUT2D eigenvalue weighted by Crippen LogP contribution is -2.17. The molecule has 7 nitrogen and oxygen atoms in total. The first-order valence-corrected chi connectivity index (χ1v) is 9.03. The predicted molar refractivity (Wildman–Crippen MR) is 112 cm³/mol. The predicted octanol–water partition coefficient (Wildman–Crippen LogP) is 5.06. The molecule has 0 unspecified atom stereocenters. The minimum absolute atomic E-state index is 0.0871. The van der Waals surface area contributed by atoms with Gasteiger partial charge in [0.15, 0.2) is 0 Å². The molecule has 1 heterocycles. The lowest BCUT2D eigenvalue weighted by atomic mass is 9.94. The number of benzene rings is 2. The van der Waals surface area contributed by atoms with E-state index in [9.17, 15) is 20.2 Å². The van der Waals surface area contributed by atoms with E-state index in [1.807, 2.05) is 31.2 Å². The van der Waals surface area contributed by atoms with Gasteiger partial charge >= 0.3 is 0 Å². The van der Waals surface area contributed by atoms with Crippen LogP contribution in [-0.2, 0) is 0 Å². The van der Waals surface area contributed by atoms with Crippen LogP contribution in [0.5, 0.6) is 0 Å². The Kier molecular flexibility index (Phi) is 5.52. The number of rotatable bonds is 4. The molecule has 3 aromatic rings. The number of nitriles is 1. The number of non-ortho nitro benzene ring substituents is 1. The number of para-hydroxylation sites is 1. The molecule has 0 atom stereocenters. The monoisotopic (exact) mass is 404 g/mol. The molecule has 8 heteroatoms. The average molecular weight is 404 g/mol. The van der Waals surface area contributed by atoms with Crippen LogP contribution in [0.4, 0.5) is 11.4 Å². The van der Waals surface area contributed by atoms with E-state index in [0.29, 0.717) is 22.5 Å². The van der Waals surface area contributed by atoms with E-state index in [-0.39, 0.29) is 21.5 Å². The Morgan fingerprint density at radius 1 is 1.17 bits per heavy atom. The molecule has 29 heavy (non-hydrogen) atoms. The molecule has 3 rings (SSSR count). The molecule has 144 valence electrons. The third kappa shape index (κ3) is 3.90. The van der Waals surface area contributed by atoms with E-state index in [1.165, 1.54) is 24.3 Å². The van der Waals surface area contributed by atoms with Crippen molar-refractivity contribution < 1.29 is 9.72 Å². The summed E-state index contributed by atoms with van der Waals surface area (Å²) in [4.78, 5) is 26.5. The Morgan fingerprint density at radius 3 is 2.41 bits per heavy atom. The van der Waals surface area contributed by atoms with Crippen LogP contribution >= 0.6 is 12.2 Å². The number of nitro groups is 1. The Bertz CT molecular complexity index is 1220. The molecule has 1 amide bonds. The maximum Gasteiger partial charge on any atom is 0.269 e. The number of amides is 1. The zero-order chi connectivity index (χ0) is 21.1. The van der Waals surface area contributed by atoms with Crippen molar-refractivity contribution in [2.24, 2.45) is 0 Å². The second-order valence-electron chi connectivity index (χ2n) is 6.39. The highest BCUT2D eigenvalue weighted by Gasteiger charge is 2.22. The summed E-state index contributed by atoms with van der Waals surface area (Å²) < 4.78 is 0.200. The Morgan fingerprint density at radius 2 is 1.83 bits per heavy atom. The van der Waals surface area contributed by atoms with Gasteiger partial charge in [-0.15, -0.1) is 0 Å². The van der Waals surface area contributed by atoms with Crippen LogP contribution in [-0.4, -0.2) is 15.8 Å². The van der Waals surface area contributed by atoms with Crippen molar-refractivity contribution in [1.29, 1.82) is 5.26 Å². The van der Waals surface area contributed by atoms with Crippen LogP contribution in [0.15, 0.2) is 48.5 Å². The van der Waals surface area contributed by atoms with Crippen LogP contribution in [0.2, 0.25) is 0 Å². The Balaban J connectivity index is 2.20. The first-order chi connectivity index (χ1) is 13.8. The number of H-pyrrole nitrogens is 1. The topological polar surface area (TPSA) is 112 Å². The minimum atomic E-state index is -0.511. The highest BCUT2D eigenvalue weighted by Crippen LogP contribution is 2.32. The summed E-state index contributed by atoms with van der Waals surface area (Å²) in [6.07, 6.45) is 0. The van der Waals surface area contributed by atoms with Crippen molar-refractivity contribution >= 4 is 29.5 Å². The van der Waals surface area contributed by atoms with Gasteiger partial charge in [-0.05, 0) is 43.2 Å². The van der Waals surface area contributed by atoms with Crippen molar-refractivity contribution in [2.75, 3.05) is 5.32 Å². The molecule has 2 N–H and O–H groups in total. The molecule has 2 aromatic carbocycles. The number of nitrogens with one attached hydrogen (secondary N) is 2. The molecule has 1 aromatic heterocycles. The number of aromatic amines is 1. The molecular weight excluding hydrogens is 388 g/mol. The highest BCUT2D eigenvalue weighted by atomic mass is 32.1. The van der Waals surface area contributed by atoms with Gasteiger partial charge in [0.2, 0.25) is 0 Å². The first-order valence-electron chi connectivity index (χ1n) is 8.62. The summed E-state index contributed by atoms with van der Waals surface area (Å²) in [5.74, 6) is -0.409. The van der Waals surface area contributed by atoms with Gasteiger partial charge in [-0.25, -0.2) is 0 Å². The Hall–Kier alpha value is -3.83. The number of hydrogen-bond acceptors (Lipinski definition) is 5. The van der Waals surface area contributed by atoms with Gasteiger partial charge in [0.1, 0.15) is 10.7 Å². The number of nitro benzene ring substituents is 1. The maximum absolute atomic E-state index is 13.2. The largest absolute Gasteiger partial charge is 0.348 e. The third-order valence-corrected chi connectivity index (χ3v) is 4.81. The zero-order valence-corrected chi connectivity index (χ0v) is 16.5. The summed E-state index contributed by atoms with van der Waals surface area (Å²) in [6, 6.07) is 15.1. The van der Waals surface area contributed by atoms with Gasteiger partial charge in [0.05, 0.1) is 16.1 Å².